The van der Waals surface area contributed by atoms with Gasteiger partial charge in [0, 0.05) is 5.69 Å². The number of anilines is 1. The molecule has 4 atom stereocenters. The Morgan fingerprint density at radius 3 is 2.38 bits per heavy atom. The molecule has 0 N–H and O–H groups in total. The summed E-state index contributed by atoms with van der Waals surface area (Å²) in [5, 5.41) is 4.49. The smallest absolute Gasteiger partial charge is 0.240 e. The molecule has 0 spiro atoms. The van der Waals surface area contributed by atoms with E-state index in [-0.39, 0.29) is 35.9 Å². The fourth-order valence-electron chi connectivity index (χ4n) is 4.77. The molecule has 5 rings (SSSR count). The van der Waals surface area contributed by atoms with Crippen molar-refractivity contribution < 1.29 is 14.3 Å². The van der Waals surface area contributed by atoms with E-state index in [0.29, 0.717) is 12.2 Å². The van der Waals surface area contributed by atoms with Gasteiger partial charge in [0.1, 0.15) is 0 Å². The zero-order valence-electron chi connectivity index (χ0n) is 14.9. The molecule has 0 radical (unpaired) electrons. The van der Waals surface area contributed by atoms with Gasteiger partial charge in [0.15, 0.2) is 0 Å². The maximum atomic E-state index is 12.9. The number of hydrogen-bond acceptors (Lipinski definition) is 4. The van der Waals surface area contributed by atoms with Gasteiger partial charge in [-0.1, -0.05) is 12.1 Å². The summed E-state index contributed by atoms with van der Waals surface area (Å²) in [6, 6.07) is 9.70. The van der Waals surface area contributed by atoms with Crippen LogP contribution in [0.15, 0.2) is 30.3 Å². The van der Waals surface area contributed by atoms with E-state index in [0.717, 1.165) is 29.8 Å². The third kappa shape index (κ3) is 2.18. The Kier molecular flexibility index (Phi) is 3.34. The zero-order chi connectivity index (χ0) is 18.0. The lowest BCUT2D eigenvalue weighted by atomic mass is 9.81. The van der Waals surface area contributed by atoms with Crippen molar-refractivity contribution in [2.75, 3.05) is 4.90 Å². The van der Waals surface area contributed by atoms with Crippen LogP contribution in [-0.2, 0) is 20.9 Å². The second kappa shape index (κ2) is 5.51. The first kappa shape index (κ1) is 15.8. The van der Waals surface area contributed by atoms with Crippen LogP contribution in [0.4, 0.5) is 5.69 Å². The van der Waals surface area contributed by atoms with Crippen molar-refractivity contribution in [1.82, 2.24) is 9.78 Å². The third-order valence-electron chi connectivity index (χ3n) is 5.89. The van der Waals surface area contributed by atoms with Crippen LogP contribution >= 0.6 is 0 Å². The quantitative estimate of drug-likeness (QED) is 0.796. The van der Waals surface area contributed by atoms with Crippen LogP contribution in [-0.4, -0.2) is 33.8 Å². The molecule has 2 amide bonds. The van der Waals surface area contributed by atoms with E-state index < -0.39 is 0 Å². The molecule has 3 aliphatic heterocycles. The second-order valence-electron chi connectivity index (χ2n) is 7.61. The molecule has 2 bridgehead atoms. The van der Waals surface area contributed by atoms with Gasteiger partial charge >= 0.3 is 0 Å². The molecule has 6 nitrogen and oxygen atoms in total. The molecular formula is C20H21N3O3. The first-order valence-electron chi connectivity index (χ1n) is 9.16. The Bertz CT molecular complexity index is 891. The van der Waals surface area contributed by atoms with E-state index in [4.69, 9.17) is 4.74 Å². The minimum Gasteiger partial charge on any atom is -0.373 e. The minimum atomic E-state index is -0.291. The monoisotopic (exact) mass is 351 g/mol. The summed E-state index contributed by atoms with van der Waals surface area (Å²) in [7, 11) is 0. The van der Waals surface area contributed by atoms with Gasteiger partial charge in [0.2, 0.25) is 11.8 Å². The average molecular weight is 351 g/mol. The number of rotatable bonds is 3. The normalized spacial score (nSPS) is 29.7. The highest BCUT2D eigenvalue weighted by Crippen LogP contribution is 2.49. The van der Waals surface area contributed by atoms with Crippen molar-refractivity contribution in [3.8, 4) is 0 Å². The van der Waals surface area contributed by atoms with E-state index in [1.54, 1.807) is 0 Å². The van der Waals surface area contributed by atoms with Gasteiger partial charge in [0.05, 0.1) is 42.0 Å². The zero-order valence-corrected chi connectivity index (χ0v) is 14.9. The van der Waals surface area contributed by atoms with Crippen molar-refractivity contribution in [1.29, 1.82) is 0 Å². The average Bonchev–Trinajstić information content (AvgIpc) is 3.34. The summed E-state index contributed by atoms with van der Waals surface area (Å²) in [5.41, 5.74) is 3.75. The van der Waals surface area contributed by atoms with Crippen LogP contribution in [0.3, 0.4) is 0 Å². The molecule has 4 heterocycles. The number of imide groups is 1. The summed E-state index contributed by atoms with van der Waals surface area (Å²) in [6.07, 6.45) is 1.61. The maximum Gasteiger partial charge on any atom is 0.240 e. The number of carbonyl (C=O) groups is 2. The largest absolute Gasteiger partial charge is 0.373 e. The molecule has 134 valence electrons. The minimum absolute atomic E-state index is 0.0793. The number of hydrogen-bond donors (Lipinski definition) is 0. The van der Waals surface area contributed by atoms with Crippen molar-refractivity contribution in [2.24, 2.45) is 11.8 Å². The van der Waals surface area contributed by atoms with Gasteiger partial charge in [0.25, 0.3) is 0 Å². The summed E-state index contributed by atoms with van der Waals surface area (Å²) >= 11 is 0. The number of benzene rings is 1. The molecule has 1 aromatic heterocycles. The van der Waals surface area contributed by atoms with Crippen molar-refractivity contribution in [3.63, 3.8) is 0 Å². The van der Waals surface area contributed by atoms with Crippen molar-refractivity contribution >= 4 is 17.5 Å². The van der Waals surface area contributed by atoms with E-state index in [9.17, 15) is 9.59 Å². The number of aryl methyl sites for hydroxylation is 2. The Morgan fingerprint density at radius 2 is 1.77 bits per heavy atom. The summed E-state index contributed by atoms with van der Waals surface area (Å²) < 4.78 is 7.74. The molecule has 2 aromatic rings. The number of carbonyl (C=O) groups excluding carboxylic acids is 2. The number of fused-ring (bicyclic) bond motifs is 5. The molecular weight excluding hydrogens is 330 g/mol. The van der Waals surface area contributed by atoms with Gasteiger partial charge in [-0.3, -0.25) is 14.3 Å². The van der Waals surface area contributed by atoms with E-state index in [1.165, 1.54) is 4.90 Å². The van der Waals surface area contributed by atoms with Crippen LogP contribution < -0.4 is 4.90 Å². The second-order valence-corrected chi connectivity index (χ2v) is 7.61. The first-order chi connectivity index (χ1) is 12.5. The molecule has 3 fully saturated rings. The fraction of sp³-hybridized carbons (Fsp3) is 0.450. The Morgan fingerprint density at radius 1 is 1.08 bits per heavy atom. The summed E-state index contributed by atoms with van der Waals surface area (Å²) in [4.78, 5) is 27.2. The van der Waals surface area contributed by atoms with E-state index in [1.807, 2.05) is 48.9 Å². The first-order valence-corrected chi connectivity index (χ1v) is 9.16. The highest BCUT2D eigenvalue weighted by molar-refractivity contribution is 6.22. The van der Waals surface area contributed by atoms with Gasteiger partial charge in [-0.15, -0.1) is 0 Å². The fourth-order valence-corrected chi connectivity index (χ4v) is 4.77. The van der Waals surface area contributed by atoms with E-state index in [2.05, 4.69) is 5.10 Å². The predicted octanol–water partition coefficient (Wildman–Crippen LogP) is 2.22. The molecule has 0 unspecified atom stereocenters. The standard InChI is InChI=1S/C20H21N3O3/c1-11-8-12(2)22(21-11)10-13-4-3-5-14(9-13)23-19(24)17-15-6-7-16(26-15)18(17)20(23)25/h3-5,8-9,15-18H,6-7,10H2,1-2H3/t15-,16-,17+,18+/m1/s1. The Balaban J connectivity index is 1.45. The van der Waals surface area contributed by atoms with Gasteiger partial charge in [-0.25, -0.2) is 4.90 Å². The number of ether oxygens (including phenoxy) is 1. The highest BCUT2D eigenvalue weighted by atomic mass is 16.5. The van der Waals surface area contributed by atoms with Crippen LogP contribution in [0.25, 0.3) is 0 Å². The SMILES string of the molecule is Cc1cc(C)n(Cc2cccc(N3C(=O)[C@@H]4[C@@H](C3=O)[C@H]3CC[C@H]4O3)c2)n1. The number of amides is 2. The van der Waals surface area contributed by atoms with Crippen molar-refractivity contribution in [2.45, 2.75) is 45.4 Å². The molecule has 26 heavy (non-hydrogen) atoms. The van der Waals surface area contributed by atoms with Gasteiger partial charge < -0.3 is 4.74 Å². The lowest BCUT2D eigenvalue weighted by Crippen LogP contribution is -2.34. The molecule has 3 saturated heterocycles. The highest BCUT2D eigenvalue weighted by Gasteiger charge is 2.62. The van der Waals surface area contributed by atoms with E-state index >= 15 is 0 Å². The lowest BCUT2D eigenvalue weighted by Gasteiger charge is -2.18. The molecule has 3 aliphatic rings. The summed E-state index contributed by atoms with van der Waals surface area (Å²) in [6.45, 7) is 4.61. The number of aromatic nitrogens is 2. The van der Waals surface area contributed by atoms with Crippen LogP contribution in [0.5, 0.6) is 0 Å². The lowest BCUT2D eigenvalue weighted by molar-refractivity contribution is -0.124. The van der Waals surface area contributed by atoms with Crippen molar-refractivity contribution in [3.05, 3.63) is 47.3 Å². The van der Waals surface area contributed by atoms with Crippen LogP contribution in [0, 0.1) is 25.7 Å². The van der Waals surface area contributed by atoms with Gasteiger partial charge in [-0.05, 0) is 50.5 Å². The maximum absolute atomic E-state index is 12.9. The molecule has 0 aliphatic carbocycles. The summed E-state index contributed by atoms with van der Waals surface area (Å²) in [5.74, 6) is -0.784. The molecule has 0 saturated carbocycles. The third-order valence-corrected chi connectivity index (χ3v) is 5.89. The van der Waals surface area contributed by atoms with Crippen LogP contribution in [0.1, 0.15) is 29.8 Å². The van der Waals surface area contributed by atoms with Crippen LogP contribution in [0.2, 0.25) is 0 Å². The van der Waals surface area contributed by atoms with Gasteiger partial charge in [-0.2, -0.15) is 5.10 Å². The Labute approximate surface area is 151 Å². The molecule has 1 aromatic carbocycles. The Hall–Kier alpha value is -2.47. The predicted molar refractivity (Wildman–Crippen MR) is 94.6 cm³/mol. The topological polar surface area (TPSA) is 64.4 Å². The number of nitrogens with zero attached hydrogens (tertiary/aromatic N) is 3. The molecule has 6 heteroatoms.